The topological polar surface area (TPSA) is 0 Å². The number of hydrogen-bond donors (Lipinski definition) is 0. The minimum atomic E-state index is 0.442. The van der Waals surface area contributed by atoms with Crippen molar-refractivity contribution in [3.05, 3.63) is 0 Å². The number of unbranched alkanes of at least 4 members (excludes halogenated alkanes) is 13. The van der Waals surface area contributed by atoms with Crippen LogP contribution < -0.4 is 0 Å². The first kappa shape index (κ1) is 21.3. The highest BCUT2D eigenvalue weighted by Gasteiger charge is 2.03. The van der Waals surface area contributed by atoms with Gasteiger partial charge in [0, 0.05) is 5.38 Å². The van der Waals surface area contributed by atoms with Crippen molar-refractivity contribution in [3.63, 3.8) is 0 Å². The molecule has 0 heterocycles. The summed E-state index contributed by atoms with van der Waals surface area (Å²) in [6.07, 6.45) is 23.7. The van der Waals surface area contributed by atoms with Gasteiger partial charge in [-0.2, -0.15) is 0 Å². The van der Waals surface area contributed by atoms with E-state index < -0.39 is 0 Å². The van der Waals surface area contributed by atoms with E-state index in [1.54, 1.807) is 0 Å². The van der Waals surface area contributed by atoms with Crippen LogP contribution in [0.15, 0.2) is 0 Å². The van der Waals surface area contributed by atoms with Gasteiger partial charge in [0.1, 0.15) is 0 Å². The molecule has 0 aromatic rings. The summed E-state index contributed by atoms with van der Waals surface area (Å²) in [5.74, 6) is 0. The van der Waals surface area contributed by atoms with Crippen LogP contribution in [0.1, 0.15) is 123 Å². The standard InChI is InChI=1S/C20H41Cl/c1-3-5-7-8-9-10-11-12-13-14-15-16-17-19-20(21)18-6-4-2/h20H,3-19H2,1-2H3. The van der Waals surface area contributed by atoms with Crippen molar-refractivity contribution in [1.82, 2.24) is 0 Å². The zero-order chi connectivity index (χ0) is 15.6. The van der Waals surface area contributed by atoms with E-state index in [0.29, 0.717) is 5.38 Å². The number of hydrogen-bond acceptors (Lipinski definition) is 0. The van der Waals surface area contributed by atoms with Gasteiger partial charge in [0.15, 0.2) is 0 Å². The molecular formula is C20H41Cl. The Balaban J connectivity index is 3.02. The highest BCUT2D eigenvalue weighted by Crippen LogP contribution is 2.17. The van der Waals surface area contributed by atoms with E-state index in [0.717, 1.165) is 0 Å². The molecule has 0 rings (SSSR count). The molecule has 21 heavy (non-hydrogen) atoms. The molecule has 0 spiro atoms. The van der Waals surface area contributed by atoms with Gasteiger partial charge in [-0.15, -0.1) is 11.6 Å². The molecule has 0 N–H and O–H groups in total. The van der Waals surface area contributed by atoms with Crippen molar-refractivity contribution in [2.75, 3.05) is 0 Å². The van der Waals surface area contributed by atoms with Gasteiger partial charge < -0.3 is 0 Å². The van der Waals surface area contributed by atoms with E-state index in [1.165, 1.54) is 109 Å². The Morgan fingerprint density at radius 3 is 1.24 bits per heavy atom. The molecule has 1 unspecified atom stereocenters. The monoisotopic (exact) mass is 316 g/mol. The van der Waals surface area contributed by atoms with E-state index in [1.807, 2.05) is 0 Å². The molecule has 0 aromatic carbocycles. The van der Waals surface area contributed by atoms with Gasteiger partial charge in [-0.05, 0) is 12.8 Å². The zero-order valence-electron chi connectivity index (χ0n) is 15.0. The van der Waals surface area contributed by atoms with Crippen molar-refractivity contribution < 1.29 is 0 Å². The summed E-state index contributed by atoms with van der Waals surface area (Å²) in [6.45, 7) is 4.54. The van der Waals surface area contributed by atoms with Gasteiger partial charge in [0.25, 0.3) is 0 Å². The minimum Gasteiger partial charge on any atom is -0.123 e. The van der Waals surface area contributed by atoms with Crippen LogP contribution in [0, 0.1) is 0 Å². The summed E-state index contributed by atoms with van der Waals surface area (Å²) in [4.78, 5) is 0. The van der Waals surface area contributed by atoms with Gasteiger partial charge >= 0.3 is 0 Å². The summed E-state index contributed by atoms with van der Waals surface area (Å²) < 4.78 is 0. The molecule has 0 saturated heterocycles. The molecule has 0 nitrogen and oxygen atoms in total. The Hall–Kier alpha value is 0.290. The fourth-order valence-electron chi connectivity index (χ4n) is 2.95. The number of rotatable bonds is 17. The molecule has 0 radical (unpaired) electrons. The predicted octanol–water partition coefficient (Wildman–Crippen LogP) is 8.27. The van der Waals surface area contributed by atoms with Crippen molar-refractivity contribution in [1.29, 1.82) is 0 Å². The second-order valence-corrected chi connectivity index (χ2v) is 7.39. The Kier molecular flexibility index (Phi) is 18.6. The molecular weight excluding hydrogens is 276 g/mol. The molecule has 128 valence electrons. The third-order valence-electron chi connectivity index (χ3n) is 4.49. The van der Waals surface area contributed by atoms with Crippen LogP contribution in [0.3, 0.4) is 0 Å². The summed E-state index contributed by atoms with van der Waals surface area (Å²) in [6, 6.07) is 0. The first-order chi connectivity index (χ1) is 10.3. The third kappa shape index (κ3) is 18.2. The lowest BCUT2D eigenvalue weighted by Crippen LogP contribution is -1.97. The predicted molar refractivity (Wildman–Crippen MR) is 99.5 cm³/mol. The van der Waals surface area contributed by atoms with Crippen molar-refractivity contribution in [2.24, 2.45) is 0 Å². The van der Waals surface area contributed by atoms with E-state index >= 15 is 0 Å². The van der Waals surface area contributed by atoms with Gasteiger partial charge in [-0.1, -0.05) is 110 Å². The van der Waals surface area contributed by atoms with Gasteiger partial charge in [-0.25, -0.2) is 0 Å². The van der Waals surface area contributed by atoms with E-state index in [-0.39, 0.29) is 0 Å². The van der Waals surface area contributed by atoms with Crippen molar-refractivity contribution in [3.8, 4) is 0 Å². The average Bonchev–Trinajstić information content (AvgIpc) is 2.49. The normalized spacial score (nSPS) is 12.7. The largest absolute Gasteiger partial charge is 0.123 e. The molecule has 0 aliphatic carbocycles. The van der Waals surface area contributed by atoms with Crippen LogP contribution in [0.2, 0.25) is 0 Å². The molecule has 0 aliphatic heterocycles. The van der Waals surface area contributed by atoms with Gasteiger partial charge in [-0.3, -0.25) is 0 Å². The van der Waals surface area contributed by atoms with E-state index in [9.17, 15) is 0 Å². The van der Waals surface area contributed by atoms with Crippen molar-refractivity contribution >= 4 is 11.6 Å². The highest BCUT2D eigenvalue weighted by molar-refractivity contribution is 6.20. The third-order valence-corrected chi connectivity index (χ3v) is 4.93. The number of alkyl halides is 1. The second-order valence-electron chi connectivity index (χ2n) is 6.77. The summed E-state index contributed by atoms with van der Waals surface area (Å²) >= 11 is 6.30. The minimum absolute atomic E-state index is 0.442. The Morgan fingerprint density at radius 2 is 0.810 bits per heavy atom. The molecule has 1 atom stereocenters. The molecule has 0 amide bonds. The van der Waals surface area contributed by atoms with Crippen molar-refractivity contribution in [2.45, 2.75) is 128 Å². The van der Waals surface area contributed by atoms with E-state index in [2.05, 4.69) is 13.8 Å². The van der Waals surface area contributed by atoms with Crippen LogP contribution in [0.4, 0.5) is 0 Å². The molecule has 0 saturated carbocycles. The molecule has 0 aliphatic rings. The maximum Gasteiger partial charge on any atom is 0.0336 e. The maximum absolute atomic E-state index is 6.30. The maximum atomic E-state index is 6.30. The second kappa shape index (κ2) is 18.3. The fraction of sp³-hybridized carbons (Fsp3) is 1.00. The van der Waals surface area contributed by atoms with Crippen LogP contribution in [-0.2, 0) is 0 Å². The molecule has 1 heteroatoms. The Morgan fingerprint density at radius 1 is 0.476 bits per heavy atom. The first-order valence-electron chi connectivity index (χ1n) is 9.95. The fourth-order valence-corrected chi connectivity index (χ4v) is 3.26. The average molecular weight is 317 g/mol. The molecule has 0 aromatic heterocycles. The van der Waals surface area contributed by atoms with Crippen LogP contribution in [-0.4, -0.2) is 5.38 Å². The lowest BCUT2D eigenvalue weighted by Gasteiger charge is -2.08. The van der Waals surface area contributed by atoms with Crippen LogP contribution >= 0.6 is 11.6 Å². The van der Waals surface area contributed by atoms with Gasteiger partial charge in [0.05, 0.1) is 0 Å². The summed E-state index contributed by atoms with van der Waals surface area (Å²) in [5.41, 5.74) is 0. The summed E-state index contributed by atoms with van der Waals surface area (Å²) in [7, 11) is 0. The quantitative estimate of drug-likeness (QED) is 0.187. The Labute approximate surface area is 140 Å². The lowest BCUT2D eigenvalue weighted by molar-refractivity contribution is 0.528. The Bertz CT molecular complexity index is 179. The summed E-state index contributed by atoms with van der Waals surface area (Å²) in [5, 5.41) is 0.442. The van der Waals surface area contributed by atoms with Crippen LogP contribution in [0.5, 0.6) is 0 Å². The molecule has 0 fully saturated rings. The zero-order valence-corrected chi connectivity index (χ0v) is 15.7. The highest BCUT2D eigenvalue weighted by atomic mass is 35.5. The van der Waals surface area contributed by atoms with Crippen LogP contribution in [0.25, 0.3) is 0 Å². The number of halogens is 1. The lowest BCUT2D eigenvalue weighted by atomic mass is 10.0. The SMILES string of the molecule is CCCCCCCCCCCCCCCC(Cl)CCCC. The van der Waals surface area contributed by atoms with E-state index in [4.69, 9.17) is 11.6 Å². The van der Waals surface area contributed by atoms with Gasteiger partial charge in [0.2, 0.25) is 0 Å². The first-order valence-corrected chi connectivity index (χ1v) is 10.4. The smallest absolute Gasteiger partial charge is 0.0336 e. The molecule has 0 bridgehead atoms.